The zero-order valence-corrected chi connectivity index (χ0v) is 21.6. The summed E-state index contributed by atoms with van der Waals surface area (Å²) in [5.74, 6) is 1.08. The van der Waals surface area contributed by atoms with Crippen LogP contribution in [0.1, 0.15) is 12.0 Å². The number of hydrogen-bond acceptors (Lipinski definition) is 5. The molecule has 2 N–H and O–H groups in total. The van der Waals surface area contributed by atoms with Gasteiger partial charge in [0.2, 0.25) is 5.91 Å². The van der Waals surface area contributed by atoms with Gasteiger partial charge in [-0.15, -0.1) is 0 Å². The molecular weight excluding hydrogens is 508 g/mol. The lowest BCUT2D eigenvalue weighted by Crippen LogP contribution is -2.37. The maximum atomic E-state index is 13.2. The van der Waals surface area contributed by atoms with Gasteiger partial charge < -0.3 is 15.4 Å². The molecule has 0 aliphatic rings. The number of carbonyl (C=O) groups is 2. The minimum absolute atomic E-state index is 0.0686. The van der Waals surface area contributed by atoms with Gasteiger partial charge in [0.25, 0.3) is 5.69 Å². The quantitative estimate of drug-likeness (QED) is 0.0965. The molecule has 0 heterocycles. The van der Waals surface area contributed by atoms with Crippen LogP contribution in [0.15, 0.2) is 115 Å². The summed E-state index contributed by atoms with van der Waals surface area (Å²) in [6.07, 6.45) is 3.69. The van der Waals surface area contributed by atoms with Crippen molar-refractivity contribution >= 4 is 35.1 Å². The number of anilines is 2. The Morgan fingerprint density at radius 1 is 0.825 bits per heavy atom. The van der Waals surface area contributed by atoms with E-state index < -0.39 is 11.0 Å². The van der Waals surface area contributed by atoms with Crippen LogP contribution in [0.2, 0.25) is 0 Å². The Hall–Kier alpha value is -5.44. The summed E-state index contributed by atoms with van der Waals surface area (Å²) in [6.45, 7) is 0.662. The smallest absolute Gasteiger partial charge is 0.326 e. The van der Waals surface area contributed by atoms with E-state index in [1.54, 1.807) is 35.2 Å². The first-order chi connectivity index (χ1) is 19.5. The van der Waals surface area contributed by atoms with Gasteiger partial charge in [-0.3, -0.25) is 19.8 Å². The van der Waals surface area contributed by atoms with E-state index >= 15 is 0 Å². The fourth-order valence-electron chi connectivity index (χ4n) is 3.77. The van der Waals surface area contributed by atoms with Gasteiger partial charge >= 0.3 is 6.03 Å². The number of ether oxygens (including phenoxy) is 1. The van der Waals surface area contributed by atoms with Crippen LogP contribution in [0, 0.1) is 10.1 Å². The number of nitro groups is 1. The van der Waals surface area contributed by atoms with Crippen LogP contribution in [0.5, 0.6) is 11.5 Å². The van der Waals surface area contributed by atoms with Gasteiger partial charge in [-0.25, -0.2) is 4.79 Å². The molecule has 40 heavy (non-hydrogen) atoms. The fourth-order valence-corrected chi connectivity index (χ4v) is 3.77. The van der Waals surface area contributed by atoms with Crippen molar-refractivity contribution in [1.82, 2.24) is 5.32 Å². The van der Waals surface area contributed by atoms with Gasteiger partial charge in [-0.2, -0.15) is 0 Å². The van der Waals surface area contributed by atoms with Crippen LogP contribution < -0.4 is 20.3 Å². The van der Waals surface area contributed by atoms with E-state index in [0.29, 0.717) is 42.4 Å². The van der Waals surface area contributed by atoms with Crippen LogP contribution in [0.3, 0.4) is 0 Å². The molecule has 0 saturated carbocycles. The summed E-state index contributed by atoms with van der Waals surface area (Å²) >= 11 is 0. The molecule has 0 fully saturated rings. The lowest BCUT2D eigenvalue weighted by molar-refractivity contribution is -0.384. The van der Waals surface area contributed by atoms with Crippen molar-refractivity contribution in [3.8, 4) is 11.5 Å². The third kappa shape index (κ3) is 8.29. The topological polar surface area (TPSA) is 114 Å². The molecule has 0 atom stereocenters. The van der Waals surface area contributed by atoms with E-state index in [2.05, 4.69) is 10.6 Å². The summed E-state index contributed by atoms with van der Waals surface area (Å²) in [5, 5.41) is 16.6. The van der Waals surface area contributed by atoms with Crippen LogP contribution in [-0.4, -0.2) is 30.0 Å². The van der Waals surface area contributed by atoms with E-state index in [0.717, 1.165) is 5.56 Å². The minimum atomic E-state index is -0.500. The number of benzene rings is 4. The summed E-state index contributed by atoms with van der Waals surface area (Å²) < 4.78 is 5.85. The van der Waals surface area contributed by atoms with Crippen molar-refractivity contribution in [2.45, 2.75) is 6.42 Å². The molecule has 202 valence electrons. The molecule has 0 radical (unpaired) electrons. The second kappa shape index (κ2) is 13.9. The first kappa shape index (κ1) is 27.6. The van der Waals surface area contributed by atoms with Crippen molar-refractivity contribution in [2.24, 2.45) is 0 Å². The third-order valence-electron chi connectivity index (χ3n) is 5.79. The summed E-state index contributed by atoms with van der Waals surface area (Å²) in [4.78, 5) is 37.4. The number of nitrogens with one attached hydrogen (secondary N) is 2. The molecule has 0 saturated heterocycles. The van der Waals surface area contributed by atoms with Gasteiger partial charge in [-0.1, -0.05) is 48.5 Å². The van der Waals surface area contributed by atoms with Gasteiger partial charge in [0.1, 0.15) is 11.5 Å². The Morgan fingerprint density at radius 3 is 2.10 bits per heavy atom. The number of rotatable bonds is 11. The predicted molar refractivity (Wildman–Crippen MR) is 156 cm³/mol. The molecule has 4 aromatic carbocycles. The fraction of sp³-hybridized carbons (Fsp3) is 0.0968. The number of carbonyl (C=O) groups excluding carboxylic acids is 2. The molecule has 4 rings (SSSR count). The number of nitrogens with zero attached hydrogens (tertiary/aromatic N) is 2. The van der Waals surface area contributed by atoms with E-state index in [1.165, 1.54) is 30.3 Å². The second-order valence-electron chi connectivity index (χ2n) is 8.68. The number of urea groups is 1. The number of amides is 3. The third-order valence-corrected chi connectivity index (χ3v) is 5.79. The lowest BCUT2D eigenvalue weighted by Gasteiger charge is -2.23. The van der Waals surface area contributed by atoms with Crippen LogP contribution in [-0.2, 0) is 4.79 Å². The van der Waals surface area contributed by atoms with E-state index in [1.807, 2.05) is 60.7 Å². The molecule has 0 unspecified atom stereocenters. The van der Waals surface area contributed by atoms with Crippen molar-refractivity contribution in [1.29, 1.82) is 0 Å². The number of hydrogen-bond donors (Lipinski definition) is 2. The Balaban J connectivity index is 1.40. The molecule has 9 heteroatoms. The minimum Gasteiger partial charge on any atom is -0.457 e. The second-order valence-corrected chi connectivity index (χ2v) is 8.68. The summed E-state index contributed by atoms with van der Waals surface area (Å²) in [7, 11) is 0. The van der Waals surface area contributed by atoms with E-state index in [9.17, 15) is 19.7 Å². The maximum Gasteiger partial charge on any atom is 0.326 e. The molecule has 0 spiro atoms. The van der Waals surface area contributed by atoms with Crippen LogP contribution in [0.25, 0.3) is 6.08 Å². The number of non-ortho nitro benzene ring substituents is 1. The highest BCUT2D eigenvalue weighted by Gasteiger charge is 2.17. The first-order valence-corrected chi connectivity index (χ1v) is 12.6. The number of nitro benzene ring substituents is 1. The van der Waals surface area contributed by atoms with Gasteiger partial charge in [-0.05, 0) is 66.6 Å². The van der Waals surface area contributed by atoms with Gasteiger partial charge in [0.05, 0.1) is 4.92 Å². The summed E-state index contributed by atoms with van der Waals surface area (Å²) in [6, 6.07) is 31.1. The average Bonchev–Trinajstić information content (AvgIpc) is 2.98. The molecule has 4 aromatic rings. The van der Waals surface area contributed by atoms with Crippen molar-refractivity contribution in [3.05, 3.63) is 131 Å². The Bertz CT molecular complexity index is 1440. The maximum absolute atomic E-state index is 13.2. The van der Waals surface area contributed by atoms with Crippen molar-refractivity contribution in [3.63, 3.8) is 0 Å². The van der Waals surface area contributed by atoms with Crippen LogP contribution in [0.4, 0.5) is 21.9 Å². The predicted octanol–water partition coefficient (Wildman–Crippen LogP) is 6.65. The molecule has 0 bridgehead atoms. The monoisotopic (exact) mass is 536 g/mol. The van der Waals surface area contributed by atoms with E-state index in [4.69, 9.17) is 4.74 Å². The molecule has 9 nitrogen and oxygen atoms in total. The van der Waals surface area contributed by atoms with Crippen molar-refractivity contribution < 1.29 is 19.2 Å². The summed E-state index contributed by atoms with van der Waals surface area (Å²) in [5.41, 5.74) is 1.89. The standard InChI is InChI=1S/C31H28N4O5/c36-30(21-12-24-8-3-1-4-9-24)32-22-7-23-34(31(37)33-25-13-15-27(16-14-25)35(38)39)26-17-19-29(20-18-26)40-28-10-5-2-6-11-28/h1-6,8-21H,7,22-23H2,(H,32,36)(H,33,37)/b21-12+. The molecule has 3 amide bonds. The van der Waals surface area contributed by atoms with Crippen molar-refractivity contribution in [2.75, 3.05) is 23.3 Å². The molecule has 0 aromatic heterocycles. The van der Waals surface area contributed by atoms with Gasteiger partial charge in [0.15, 0.2) is 0 Å². The van der Waals surface area contributed by atoms with Gasteiger partial charge in [0, 0.05) is 42.7 Å². The van der Waals surface area contributed by atoms with E-state index in [-0.39, 0.29) is 11.6 Å². The highest BCUT2D eigenvalue weighted by Crippen LogP contribution is 2.25. The molecule has 0 aliphatic heterocycles. The van der Waals surface area contributed by atoms with Crippen LogP contribution >= 0.6 is 0 Å². The zero-order chi connectivity index (χ0) is 28.2. The average molecular weight is 537 g/mol. The Labute approximate surface area is 231 Å². The molecular formula is C31H28N4O5. The SMILES string of the molecule is O=C(/C=C/c1ccccc1)NCCCN(C(=O)Nc1ccc([N+](=O)[O-])cc1)c1ccc(Oc2ccccc2)cc1. The lowest BCUT2D eigenvalue weighted by atomic mass is 10.2. The highest BCUT2D eigenvalue weighted by atomic mass is 16.6. The first-order valence-electron chi connectivity index (χ1n) is 12.6. The number of para-hydroxylation sites is 1. The normalized spacial score (nSPS) is 10.6. The zero-order valence-electron chi connectivity index (χ0n) is 21.6. The largest absolute Gasteiger partial charge is 0.457 e. The Morgan fingerprint density at radius 2 is 1.45 bits per heavy atom. The highest BCUT2D eigenvalue weighted by molar-refractivity contribution is 6.01. The molecule has 0 aliphatic carbocycles. The Kier molecular flexibility index (Phi) is 9.60.